The smallest absolute Gasteiger partial charge is 0.179 e. The van der Waals surface area contributed by atoms with Gasteiger partial charge in [0.05, 0.1) is 5.69 Å². The van der Waals surface area contributed by atoms with Crippen LogP contribution in [0.4, 0.5) is 17.1 Å². The van der Waals surface area contributed by atoms with Crippen LogP contribution in [0.5, 0.6) is 0 Å². The van der Waals surface area contributed by atoms with Gasteiger partial charge in [-0.25, -0.2) is 0 Å². The normalized spacial score (nSPS) is 18.2. The van der Waals surface area contributed by atoms with E-state index >= 15 is 0 Å². The molecule has 0 aliphatic heterocycles. The molecule has 3 unspecified atom stereocenters. The maximum absolute atomic E-state index is 2.72. The summed E-state index contributed by atoms with van der Waals surface area (Å²) in [5.41, 5.74) is 12.8. The van der Waals surface area contributed by atoms with Crippen LogP contribution in [-0.4, -0.2) is 8.07 Å². The summed E-state index contributed by atoms with van der Waals surface area (Å²) in [5.74, 6) is 2.43. The fourth-order valence-electron chi connectivity index (χ4n) is 12.4. The lowest BCUT2D eigenvalue weighted by Gasteiger charge is -2.35. The Bertz CT molecular complexity index is 3040. The number of fused-ring (bicyclic) bond motifs is 6. The van der Waals surface area contributed by atoms with Crippen LogP contribution in [-0.2, 0) is 5.41 Å². The molecule has 0 saturated heterocycles. The summed E-state index contributed by atoms with van der Waals surface area (Å²) in [6.45, 7) is 4.81. The van der Waals surface area contributed by atoms with Gasteiger partial charge in [0.1, 0.15) is 0 Å². The topological polar surface area (TPSA) is 3.24 Å². The third kappa shape index (κ3) is 6.26. The lowest BCUT2D eigenvalue weighted by Crippen LogP contribution is -2.74. The molecule has 9 aromatic rings. The number of hydrogen-bond donors (Lipinski definition) is 0. The van der Waals surface area contributed by atoms with Crippen LogP contribution in [0.15, 0.2) is 218 Å². The monoisotopic (exact) mass is 839 g/mol. The van der Waals surface area contributed by atoms with Crippen LogP contribution < -0.4 is 25.6 Å². The fraction of sp³-hybridized carbons (Fsp3) is 0.161. The lowest BCUT2D eigenvalue weighted by atomic mass is 9.81. The molecular weight excluding hydrogens is 787 g/mol. The number of hydrogen-bond acceptors (Lipinski definition) is 1. The van der Waals surface area contributed by atoms with E-state index < -0.39 is 8.07 Å². The summed E-state index contributed by atoms with van der Waals surface area (Å²) in [6.07, 6.45) is 5.56. The molecule has 0 aromatic heterocycles. The van der Waals surface area contributed by atoms with E-state index in [9.17, 15) is 0 Å². The molecule has 3 atom stereocenters. The molecule has 2 fully saturated rings. The summed E-state index contributed by atoms with van der Waals surface area (Å²) in [4.78, 5) is 2.56. The first kappa shape index (κ1) is 38.9. The van der Waals surface area contributed by atoms with E-state index in [1.165, 1.54) is 108 Å². The second-order valence-electron chi connectivity index (χ2n) is 19.3. The van der Waals surface area contributed by atoms with E-state index in [0.29, 0.717) is 5.92 Å². The van der Waals surface area contributed by atoms with Crippen LogP contribution in [0, 0.1) is 11.8 Å². The van der Waals surface area contributed by atoms with Crippen LogP contribution in [0.3, 0.4) is 0 Å². The number of anilines is 3. The van der Waals surface area contributed by atoms with Crippen molar-refractivity contribution in [2.24, 2.45) is 11.8 Å². The highest BCUT2D eigenvalue weighted by molar-refractivity contribution is 7.19. The summed E-state index contributed by atoms with van der Waals surface area (Å²) in [5, 5.41) is 8.02. The van der Waals surface area contributed by atoms with Crippen molar-refractivity contribution in [1.82, 2.24) is 0 Å². The van der Waals surface area contributed by atoms with E-state index in [0.717, 1.165) is 17.5 Å². The zero-order chi connectivity index (χ0) is 42.8. The van der Waals surface area contributed by atoms with Crippen LogP contribution in [0.2, 0.25) is 0 Å². The molecule has 2 heteroatoms. The van der Waals surface area contributed by atoms with Crippen molar-refractivity contribution >= 4 is 56.7 Å². The van der Waals surface area contributed by atoms with Crippen LogP contribution in [0.1, 0.15) is 62.1 Å². The number of rotatable bonds is 9. The van der Waals surface area contributed by atoms with Crippen molar-refractivity contribution in [3.05, 3.63) is 235 Å². The minimum absolute atomic E-state index is 0.157. The van der Waals surface area contributed by atoms with Crippen molar-refractivity contribution in [3.8, 4) is 22.3 Å². The number of nitrogens with zero attached hydrogens (tertiary/aromatic N) is 1. The van der Waals surface area contributed by atoms with E-state index in [4.69, 9.17) is 0 Å². The molecule has 9 aromatic carbocycles. The fourth-order valence-corrected chi connectivity index (χ4v) is 17.1. The van der Waals surface area contributed by atoms with Crippen molar-refractivity contribution in [1.29, 1.82) is 0 Å². The average Bonchev–Trinajstić information content (AvgIpc) is 4.06. The average molecular weight is 840 g/mol. The molecule has 12 rings (SSSR count). The molecule has 0 heterocycles. The summed E-state index contributed by atoms with van der Waals surface area (Å²) in [6, 6.07) is 83.2. The molecular formula is C62H53NSi. The molecule has 2 bridgehead atoms. The Hall–Kier alpha value is -6.74. The molecule has 3 aliphatic carbocycles. The van der Waals surface area contributed by atoms with Crippen molar-refractivity contribution in [3.63, 3.8) is 0 Å². The Morgan fingerprint density at radius 1 is 0.438 bits per heavy atom. The highest BCUT2D eigenvalue weighted by Crippen LogP contribution is 2.55. The number of benzene rings is 9. The van der Waals surface area contributed by atoms with Gasteiger partial charge in [-0.1, -0.05) is 196 Å². The van der Waals surface area contributed by atoms with Crippen molar-refractivity contribution in [2.45, 2.75) is 50.9 Å². The van der Waals surface area contributed by atoms with Gasteiger partial charge in [-0.3, -0.25) is 0 Å². The minimum atomic E-state index is -2.72. The standard InChI is InChI=1S/C62H53NSi/c1-62(2)59-25-15-14-24-55(59)58-41-57(48-29-28-44-16-12-13-17-46(44)40-48)61(42-60(58)62)63(49-32-30-45(31-33-49)56-39-43-26-27-47(56)38-43)50-34-36-54(37-35-50)64(51-18-6-3-7-19-51,52-20-8-4-9-21-52)53-22-10-5-11-23-53/h3-25,28-37,40-43,47,56H,26-27,38-39H2,1-2H3. The van der Waals surface area contributed by atoms with Gasteiger partial charge < -0.3 is 4.90 Å². The highest BCUT2D eigenvalue weighted by Gasteiger charge is 2.43. The Kier molecular flexibility index (Phi) is 9.42. The van der Waals surface area contributed by atoms with Gasteiger partial charge in [0, 0.05) is 22.4 Å². The maximum Gasteiger partial charge on any atom is 0.179 e. The first-order valence-corrected chi connectivity index (χ1v) is 25.4. The molecule has 0 radical (unpaired) electrons. The third-order valence-electron chi connectivity index (χ3n) is 15.5. The molecule has 0 amide bonds. The second-order valence-corrected chi connectivity index (χ2v) is 23.1. The van der Waals surface area contributed by atoms with Gasteiger partial charge in [0.25, 0.3) is 0 Å². The molecule has 0 spiro atoms. The Morgan fingerprint density at radius 3 is 1.61 bits per heavy atom. The summed E-state index contributed by atoms with van der Waals surface area (Å²) in [7, 11) is -2.72. The van der Waals surface area contributed by atoms with Crippen molar-refractivity contribution < 1.29 is 0 Å². The molecule has 0 N–H and O–H groups in total. The van der Waals surface area contributed by atoms with E-state index in [1.54, 1.807) is 0 Å². The van der Waals surface area contributed by atoms with Crippen molar-refractivity contribution in [2.75, 3.05) is 4.90 Å². The Morgan fingerprint density at radius 2 is 1.00 bits per heavy atom. The summed E-state index contributed by atoms with van der Waals surface area (Å²) >= 11 is 0. The predicted octanol–water partition coefficient (Wildman–Crippen LogP) is 13.6. The first-order valence-electron chi connectivity index (χ1n) is 23.4. The molecule has 64 heavy (non-hydrogen) atoms. The van der Waals surface area contributed by atoms with E-state index in [-0.39, 0.29) is 5.41 Å². The SMILES string of the molecule is CC1(C)c2ccccc2-c2cc(-c3ccc4ccccc4c3)c(N(c3ccc(C4CC5CCC4C5)cc3)c3ccc([Si](c4ccccc4)(c4ccccc4)c4ccccc4)cc3)cc21. The largest absolute Gasteiger partial charge is 0.310 e. The van der Waals surface area contributed by atoms with Gasteiger partial charge >= 0.3 is 0 Å². The van der Waals surface area contributed by atoms with Gasteiger partial charge in [-0.05, 0) is 144 Å². The van der Waals surface area contributed by atoms with Gasteiger partial charge in [0.2, 0.25) is 0 Å². The zero-order valence-electron chi connectivity index (χ0n) is 36.8. The summed E-state index contributed by atoms with van der Waals surface area (Å²) < 4.78 is 0. The van der Waals surface area contributed by atoms with Crippen LogP contribution >= 0.6 is 0 Å². The highest BCUT2D eigenvalue weighted by atomic mass is 28.3. The molecule has 2 saturated carbocycles. The molecule has 310 valence electrons. The first-order chi connectivity index (χ1) is 31.5. The van der Waals surface area contributed by atoms with E-state index in [2.05, 4.69) is 237 Å². The Labute approximate surface area is 379 Å². The molecule has 1 nitrogen and oxygen atoms in total. The van der Waals surface area contributed by atoms with Gasteiger partial charge in [0.15, 0.2) is 8.07 Å². The lowest BCUT2D eigenvalue weighted by molar-refractivity contribution is 0.420. The van der Waals surface area contributed by atoms with Crippen LogP contribution in [0.25, 0.3) is 33.0 Å². The quantitative estimate of drug-likeness (QED) is 0.103. The maximum atomic E-state index is 2.56. The Balaban J connectivity index is 1.09. The van der Waals surface area contributed by atoms with E-state index in [1.807, 2.05) is 0 Å². The predicted molar refractivity (Wildman–Crippen MR) is 273 cm³/mol. The second kappa shape index (κ2) is 15.5. The van der Waals surface area contributed by atoms with Gasteiger partial charge in [-0.15, -0.1) is 0 Å². The minimum Gasteiger partial charge on any atom is -0.310 e. The van der Waals surface area contributed by atoms with Gasteiger partial charge in [-0.2, -0.15) is 0 Å². The third-order valence-corrected chi connectivity index (χ3v) is 20.3. The molecule has 3 aliphatic rings. The zero-order valence-corrected chi connectivity index (χ0v) is 37.8.